The monoisotopic (exact) mass is 667 g/mol. The molecule has 51 heavy (non-hydrogen) atoms. The molecule has 238 valence electrons. The van der Waals surface area contributed by atoms with E-state index in [1.165, 1.54) is 63.8 Å². The Morgan fingerprint density at radius 3 is 1.63 bits per heavy atom. The minimum atomic E-state index is 0.953. The summed E-state index contributed by atoms with van der Waals surface area (Å²) in [7, 11) is 0. The summed E-state index contributed by atoms with van der Waals surface area (Å²) in [5.41, 5.74) is 11.2. The number of fused-ring (bicyclic) bond motifs is 9. The Labute approximate surface area is 297 Å². The van der Waals surface area contributed by atoms with Crippen LogP contribution in [0.2, 0.25) is 0 Å². The lowest BCUT2D eigenvalue weighted by atomic mass is 10.0. The molecule has 0 aliphatic heterocycles. The molecule has 0 atom stereocenters. The van der Waals surface area contributed by atoms with Gasteiger partial charge in [0.1, 0.15) is 0 Å². The summed E-state index contributed by atoms with van der Waals surface area (Å²) in [6.07, 6.45) is 0. The molecule has 4 heterocycles. The van der Waals surface area contributed by atoms with Crippen LogP contribution in [0.1, 0.15) is 0 Å². The van der Waals surface area contributed by atoms with Gasteiger partial charge in [0, 0.05) is 58.5 Å². The van der Waals surface area contributed by atoms with Gasteiger partial charge in [-0.1, -0.05) is 121 Å². The molecule has 0 spiro atoms. The summed E-state index contributed by atoms with van der Waals surface area (Å²) < 4.78 is 7.40. The number of rotatable bonds is 4. The fourth-order valence-corrected chi connectivity index (χ4v) is 9.28. The maximum absolute atomic E-state index is 5.38. The van der Waals surface area contributed by atoms with Crippen LogP contribution in [0.15, 0.2) is 176 Å². The van der Waals surface area contributed by atoms with Crippen molar-refractivity contribution in [2.24, 2.45) is 0 Å². The summed E-state index contributed by atoms with van der Waals surface area (Å²) >= 11 is 1.85. The van der Waals surface area contributed by atoms with E-state index in [0.29, 0.717) is 0 Å². The van der Waals surface area contributed by atoms with E-state index < -0.39 is 0 Å². The van der Waals surface area contributed by atoms with Crippen molar-refractivity contribution in [2.45, 2.75) is 0 Å². The standard InChI is InChI=1S/C47H29N3S/c1-3-14-30(15-4-1)40-26-32(27-41(48-40)37-22-13-21-36-35-20-9-12-25-46(35)51-47(36)37)50-43-24-11-8-19-34(43)39-28-44-38(29-45(39)50)33-18-7-10-23-42(33)49(44)31-16-5-2-6-17-31/h1-29H. The topological polar surface area (TPSA) is 22.8 Å². The lowest BCUT2D eigenvalue weighted by Crippen LogP contribution is -1.98. The predicted molar refractivity (Wildman–Crippen MR) is 217 cm³/mol. The van der Waals surface area contributed by atoms with E-state index in [2.05, 4.69) is 185 Å². The van der Waals surface area contributed by atoms with Gasteiger partial charge in [0.25, 0.3) is 0 Å². The smallest absolute Gasteiger partial charge is 0.0744 e. The van der Waals surface area contributed by atoms with E-state index in [9.17, 15) is 0 Å². The SMILES string of the molecule is c1ccc(-c2cc(-n3c4ccccc4c4cc5c(cc43)c3ccccc3n5-c3ccccc3)cc(-c3cccc4c3sc3ccccc34)n2)cc1. The Bertz CT molecular complexity index is 3130. The van der Waals surface area contributed by atoms with Gasteiger partial charge in [-0.3, -0.25) is 0 Å². The third-order valence-electron chi connectivity index (χ3n) is 10.3. The van der Waals surface area contributed by atoms with Crippen LogP contribution >= 0.6 is 11.3 Å². The number of nitrogens with zero attached hydrogens (tertiary/aromatic N) is 3. The molecule has 0 saturated heterocycles. The van der Waals surface area contributed by atoms with Crippen LogP contribution in [0.3, 0.4) is 0 Å². The molecule has 7 aromatic carbocycles. The Balaban J connectivity index is 1.24. The van der Waals surface area contributed by atoms with Crippen molar-refractivity contribution in [3.63, 3.8) is 0 Å². The van der Waals surface area contributed by atoms with E-state index >= 15 is 0 Å². The second-order valence-corrected chi connectivity index (χ2v) is 14.2. The molecular weight excluding hydrogens is 639 g/mol. The zero-order valence-electron chi connectivity index (χ0n) is 27.5. The lowest BCUT2D eigenvalue weighted by molar-refractivity contribution is 1.16. The van der Waals surface area contributed by atoms with E-state index in [1.807, 2.05) is 11.3 Å². The molecule has 0 aliphatic rings. The number of hydrogen-bond donors (Lipinski definition) is 0. The molecule has 0 saturated carbocycles. The largest absolute Gasteiger partial charge is 0.309 e. The first-order chi connectivity index (χ1) is 25.3. The molecule has 11 rings (SSSR count). The molecule has 11 aromatic rings. The van der Waals surface area contributed by atoms with Crippen molar-refractivity contribution in [1.82, 2.24) is 14.1 Å². The Morgan fingerprint density at radius 1 is 0.373 bits per heavy atom. The zero-order chi connectivity index (χ0) is 33.5. The summed E-state index contributed by atoms with van der Waals surface area (Å²) in [5.74, 6) is 0. The van der Waals surface area contributed by atoms with Crippen molar-refractivity contribution < 1.29 is 0 Å². The highest BCUT2D eigenvalue weighted by atomic mass is 32.1. The van der Waals surface area contributed by atoms with Gasteiger partial charge in [0.2, 0.25) is 0 Å². The summed E-state index contributed by atoms with van der Waals surface area (Å²) in [4.78, 5) is 5.38. The molecule has 4 heteroatoms. The van der Waals surface area contributed by atoms with Crippen molar-refractivity contribution in [1.29, 1.82) is 0 Å². The third-order valence-corrected chi connectivity index (χ3v) is 11.5. The van der Waals surface area contributed by atoms with Crippen LogP contribution in [0, 0.1) is 0 Å². The molecule has 3 nitrogen and oxygen atoms in total. The lowest BCUT2D eigenvalue weighted by Gasteiger charge is -2.14. The first-order valence-electron chi connectivity index (χ1n) is 17.3. The molecule has 0 fully saturated rings. The first kappa shape index (κ1) is 28.4. The molecule has 4 aromatic heterocycles. The Morgan fingerprint density at radius 2 is 0.922 bits per heavy atom. The highest BCUT2D eigenvalue weighted by Crippen LogP contribution is 2.43. The minimum Gasteiger partial charge on any atom is -0.309 e. The average Bonchev–Trinajstić information content (AvgIpc) is 3.85. The molecule has 0 bridgehead atoms. The van der Waals surface area contributed by atoms with Gasteiger partial charge < -0.3 is 9.13 Å². The van der Waals surface area contributed by atoms with Gasteiger partial charge in [-0.05, 0) is 54.6 Å². The van der Waals surface area contributed by atoms with E-state index in [-0.39, 0.29) is 0 Å². The maximum Gasteiger partial charge on any atom is 0.0744 e. The van der Waals surface area contributed by atoms with E-state index in [4.69, 9.17) is 4.98 Å². The maximum atomic E-state index is 5.38. The highest BCUT2D eigenvalue weighted by molar-refractivity contribution is 7.26. The second kappa shape index (κ2) is 11.0. The summed E-state index contributed by atoms with van der Waals surface area (Å²) in [6.45, 7) is 0. The minimum absolute atomic E-state index is 0.953. The number of benzene rings is 7. The average molecular weight is 668 g/mol. The number of pyridine rings is 1. The zero-order valence-corrected chi connectivity index (χ0v) is 28.3. The van der Waals surface area contributed by atoms with Gasteiger partial charge >= 0.3 is 0 Å². The molecule has 0 amide bonds. The van der Waals surface area contributed by atoms with E-state index in [1.54, 1.807) is 0 Å². The molecule has 0 radical (unpaired) electrons. The van der Waals surface area contributed by atoms with Gasteiger partial charge in [-0.2, -0.15) is 0 Å². The van der Waals surface area contributed by atoms with Gasteiger partial charge in [-0.15, -0.1) is 11.3 Å². The van der Waals surface area contributed by atoms with Crippen molar-refractivity contribution in [2.75, 3.05) is 0 Å². The molecule has 0 N–H and O–H groups in total. The van der Waals surface area contributed by atoms with Gasteiger partial charge in [0.15, 0.2) is 0 Å². The van der Waals surface area contributed by atoms with Crippen LogP contribution in [0.25, 0.3) is 97.7 Å². The second-order valence-electron chi connectivity index (χ2n) is 13.2. The first-order valence-corrected chi connectivity index (χ1v) is 18.1. The predicted octanol–water partition coefficient (Wildman–Crippen LogP) is 13.0. The number of thiophene rings is 1. The van der Waals surface area contributed by atoms with Crippen molar-refractivity contribution >= 4 is 75.1 Å². The molecule has 0 aliphatic carbocycles. The Hall–Kier alpha value is -6.49. The quantitative estimate of drug-likeness (QED) is 0.183. The van der Waals surface area contributed by atoms with Crippen molar-refractivity contribution in [3.05, 3.63) is 176 Å². The van der Waals surface area contributed by atoms with Crippen molar-refractivity contribution in [3.8, 4) is 33.9 Å². The number of para-hydroxylation sites is 3. The fraction of sp³-hybridized carbons (Fsp3) is 0. The van der Waals surface area contributed by atoms with Crippen LogP contribution in [-0.4, -0.2) is 14.1 Å². The van der Waals surface area contributed by atoms with Gasteiger partial charge in [-0.25, -0.2) is 4.98 Å². The normalized spacial score (nSPS) is 11.9. The number of aromatic nitrogens is 3. The molecular formula is C47H29N3S. The van der Waals surface area contributed by atoms with Crippen LogP contribution in [0.5, 0.6) is 0 Å². The van der Waals surface area contributed by atoms with Crippen LogP contribution in [-0.2, 0) is 0 Å². The van der Waals surface area contributed by atoms with E-state index in [0.717, 1.165) is 33.9 Å². The molecule has 0 unspecified atom stereocenters. The summed E-state index contributed by atoms with van der Waals surface area (Å²) in [6, 6.07) is 63.5. The van der Waals surface area contributed by atoms with Gasteiger partial charge in [0.05, 0.1) is 39.1 Å². The Kier molecular flexibility index (Phi) is 6.12. The number of hydrogen-bond acceptors (Lipinski definition) is 2. The highest BCUT2D eigenvalue weighted by Gasteiger charge is 2.20. The van der Waals surface area contributed by atoms with Crippen LogP contribution in [0.4, 0.5) is 0 Å². The summed E-state index contributed by atoms with van der Waals surface area (Å²) in [5, 5.41) is 7.50. The fourth-order valence-electron chi connectivity index (χ4n) is 8.05. The third kappa shape index (κ3) is 4.27. The van der Waals surface area contributed by atoms with Crippen LogP contribution < -0.4 is 0 Å².